The molecule has 1 atom stereocenters. The highest BCUT2D eigenvalue weighted by Gasteiger charge is 2.14. The number of halogens is 1. The summed E-state index contributed by atoms with van der Waals surface area (Å²) in [6, 6.07) is 17.3. The van der Waals surface area contributed by atoms with Crippen molar-refractivity contribution < 1.29 is 15.1 Å². The van der Waals surface area contributed by atoms with Crippen LogP contribution in [0.2, 0.25) is 5.02 Å². The molecule has 0 heterocycles. The van der Waals surface area contributed by atoms with Gasteiger partial charge in [-0.3, -0.25) is 10.1 Å². The molecule has 0 aliphatic rings. The molecule has 0 bridgehead atoms. The lowest BCUT2D eigenvalue weighted by atomic mass is 10.1. The van der Waals surface area contributed by atoms with Gasteiger partial charge >= 0.3 is 0 Å². The number of nitro benzene ring substituents is 1. The van der Waals surface area contributed by atoms with Crippen LogP contribution < -0.4 is 5.32 Å². The number of benzene rings is 3. The van der Waals surface area contributed by atoms with E-state index in [1.165, 1.54) is 30.0 Å². The SMILES string of the molecule is CC(O)c1cc(Cl)cc(NCc2ccccc2Sc2ccc([N+](=O)[O-])cc2)c1O. The molecule has 0 saturated carbocycles. The fourth-order valence-corrected chi connectivity index (χ4v) is 3.95. The van der Waals surface area contributed by atoms with Crippen molar-refractivity contribution in [1.82, 2.24) is 0 Å². The summed E-state index contributed by atoms with van der Waals surface area (Å²) in [5.41, 5.74) is 1.82. The Hall–Kier alpha value is -2.74. The molecule has 0 aliphatic heterocycles. The molecular formula is C21H19ClN2O4S. The van der Waals surface area contributed by atoms with Crippen LogP contribution in [0.3, 0.4) is 0 Å². The van der Waals surface area contributed by atoms with Crippen molar-refractivity contribution in [2.45, 2.75) is 29.4 Å². The lowest BCUT2D eigenvalue weighted by Gasteiger charge is -2.16. The minimum atomic E-state index is -0.848. The number of rotatable bonds is 7. The zero-order chi connectivity index (χ0) is 21.0. The van der Waals surface area contributed by atoms with Gasteiger partial charge in [-0.05, 0) is 42.8 Å². The van der Waals surface area contributed by atoms with Gasteiger partial charge in [-0.2, -0.15) is 0 Å². The van der Waals surface area contributed by atoms with Crippen molar-refractivity contribution in [3.8, 4) is 5.75 Å². The standard InChI is InChI=1S/C21H19ClN2O4S/c1-13(25)18-10-15(22)11-19(21(18)26)23-12-14-4-2-3-5-20(14)29-17-8-6-16(7-9-17)24(27)28/h2-11,13,23,25-26H,12H2,1H3. The predicted octanol–water partition coefficient (Wildman–Crippen LogP) is 5.77. The van der Waals surface area contributed by atoms with Crippen molar-refractivity contribution in [1.29, 1.82) is 0 Å². The molecule has 8 heteroatoms. The summed E-state index contributed by atoms with van der Waals surface area (Å²) in [6.45, 7) is 1.98. The molecule has 0 saturated heterocycles. The van der Waals surface area contributed by atoms with Crippen molar-refractivity contribution in [3.05, 3.63) is 86.9 Å². The molecule has 3 rings (SSSR count). The number of nitrogens with one attached hydrogen (secondary N) is 1. The largest absolute Gasteiger partial charge is 0.505 e. The van der Waals surface area contributed by atoms with Crippen molar-refractivity contribution in [2.75, 3.05) is 5.32 Å². The molecule has 29 heavy (non-hydrogen) atoms. The Kier molecular flexibility index (Phi) is 6.64. The number of non-ortho nitro benzene ring substituents is 1. The Labute approximate surface area is 177 Å². The van der Waals surface area contributed by atoms with Gasteiger partial charge in [0, 0.05) is 39.1 Å². The first kappa shape index (κ1) is 21.0. The van der Waals surface area contributed by atoms with E-state index in [9.17, 15) is 20.3 Å². The summed E-state index contributed by atoms with van der Waals surface area (Å²) in [7, 11) is 0. The van der Waals surface area contributed by atoms with Crippen molar-refractivity contribution in [2.24, 2.45) is 0 Å². The third-order valence-corrected chi connectivity index (χ3v) is 5.62. The van der Waals surface area contributed by atoms with E-state index < -0.39 is 11.0 Å². The lowest BCUT2D eigenvalue weighted by molar-refractivity contribution is -0.384. The molecule has 3 N–H and O–H groups in total. The molecule has 0 fully saturated rings. The summed E-state index contributed by atoms with van der Waals surface area (Å²) >= 11 is 7.60. The monoisotopic (exact) mass is 430 g/mol. The first-order chi connectivity index (χ1) is 13.8. The number of nitrogens with zero attached hydrogens (tertiary/aromatic N) is 1. The zero-order valence-corrected chi connectivity index (χ0v) is 17.1. The number of phenols is 1. The minimum absolute atomic E-state index is 0.0371. The lowest BCUT2D eigenvalue weighted by Crippen LogP contribution is -2.03. The maximum absolute atomic E-state index is 10.8. The van der Waals surface area contributed by atoms with Crippen LogP contribution in [0, 0.1) is 10.1 Å². The van der Waals surface area contributed by atoms with E-state index in [-0.39, 0.29) is 11.4 Å². The molecule has 0 aliphatic carbocycles. The second-order valence-corrected chi connectivity index (χ2v) is 7.93. The first-order valence-electron chi connectivity index (χ1n) is 8.79. The average molecular weight is 431 g/mol. The molecular weight excluding hydrogens is 412 g/mol. The summed E-state index contributed by atoms with van der Waals surface area (Å²) in [6.07, 6.45) is -0.848. The van der Waals surface area contributed by atoms with E-state index in [4.69, 9.17) is 11.6 Å². The maximum Gasteiger partial charge on any atom is 0.269 e. The highest BCUT2D eigenvalue weighted by molar-refractivity contribution is 7.99. The van der Waals surface area contributed by atoms with Crippen LogP contribution in [0.25, 0.3) is 0 Å². The van der Waals surface area contributed by atoms with Crippen LogP contribution in [0.4, 0.5) is 11.4 Å². The topological polar surface area (TPSA) is 95.6 Å². The number of aliphatic hydroxyl groups is 1. The van der Waals surface area contributed by atoms with Crippen LogP contribution >= 0.6 is 23.4 Å². The molecule has 6 nitrogen and oxygen atoms in total. The van der Waals surface area contributed by atoms with E-state index in [0.29, 0.717) is 22.8 Å². The van der Waals surface area contributed by atoms with Gasteiger partial charge in [0.25, 0.3) is 5.69 Å². The number of phenolic OH excluding ortho intramolecular Hbond substituents is 1. The smallest absolute Gasteiger partial charge is 0.269 e. The zero-order valence-electron chi connectivity index (χ0n) is 15.5. The minimum Gasteiger partial charge on any atom is -0.505 e. The van der Waals surface area contributed by atoms with Gasteiger partial charge in [0.2, 0.25) is 0 Å². The van der Waals surface area contributed by atoms with E-state index >= 15 is 0 Å². The first-order valence-corrected chi connectivity index (χ1v) is 9.99. The van der Waals surface area contributed by atoms with Gasteiger partial charge in [-0.25, -0.2) is 0 Å². The van der Waals surface area contributed by atoms with E-state index in [1.54, 1.807) is 25.1 Å². The van der Waals surface area contributed by atoms with Gasteiger partial charge in [0.05, 0.1) is 16.7 Å². The number of aromatic hydroxyl groups is 1. The van der Waals surface area contributed by atoms with Gasteiger partial charge < -0.3 is 15.5 Å². The number of hydrogen-bond acceptors (Lipinski definition) is 6. The Morgan fingerprint density at radius 1 is 1.17 bits per heavy atom. The fourth-order valence-electron chi connectivity index (χ4n) is 2.78. The van der Waals surface area contributed by atoms with Crippen LogP contribution in [0.1, 0.15) is 24.2 Å². The Morgan fingerprint density at radius 2 is 1.86 bits per heavy atom. The van der Waals surface area contributed by atoms with E-state index in [1.807, 2.05) is 24.3 Å². The fraction of sp³-hybridized carbons (Fsp3) is 0.143. The van der Waals surface area contributed by atoms with Crippen molar-refractivity contribution in [3.63, 3.8) is 0 Å². The third-order valence-electron chi connectivity index (χ3n) is 4.27. The molecule has 0 aromatic heterocycles. The van der Waals surface area contributed by atoms with Crippen molar-refractivity contribution >= 4 is 34.7 Å². The summed E-state index contributed by atoms with van der Waals surface area (Å²) in [4.78, 5) is 12.2. The molecule has 0 amide bonds. The summed E-state index contributed by atoms with van der Waals surface area (Å²) in [5, 5.41) is 34.6. The summed E-state index contributed by atoms with van der Waals surface area (Å²) in [5.74, 6) is -0.0371. The van der Waals surface area contributed by atoms with Gasteiger partial charge in [0.15, 0.2) is 0 Å². The number of hydrogen-bond donors (Lipinski definition) is 3. The highest BCUT2D eigenvalue weighted by atomic mass is 35.5. The Bertz CT molecular complexity index is 1030. The number of aliphatic hydroxyl groups excluding tert-OH is 1. The molecule has 0 spiro atoms. The highest BCUT2D eigenvalue weighted by Crippen LogP contribution is 2.36. The predicted molar refractivity (Wildman–Crippen MR) is 115 cm³/mol. The van der Waals surface area contributed by atoms with Crippen LogP contribution in [0.15, 0.2) is 70.5 Å². The average Bonchev–Trinajstić information content (AvgIpc) is 2.69. The summed E-state index contributed by atoms with van der Waals surface area (Å²) < 4.78 is 0. The van der Waals surface area contributed by atoms with Gasteiger partial charge in [-0.1, -0.05) is 41.6 Å². The van der Waals surface area contributed by atoms with Crippen LogP contribution in [0.5, 0.6) is 5.75 Å². The van der Waals surface area contributed by atoms with E-state index in [0.717, 1.165) is 15.4 Å². The Balaban J connectivity index is 1.79. The molecule has 0 radical (unpaired) electrons. The molecule has 1 unspecified atom stereocenters. The maximum atomic E-state index is 10.8. The molecule has 3 aromatic rings. The second-order valence-electron chi connectivity index (χ2n) is 6.38. The Morgan fingerprint density at radius 3 is 2.52 bits per heavy atom. The molecule has 3 aromatic carbocycles. The normalized spacial score (nSPS) is 11.8. The second kappa shape index (κ2) is 9.17. The van der Waals surface area contributed by atoms with Gasteiger partial charge in [-0.15, -0.1) is 0 Å². The van der Waals surface area contributed by atoms with E-state index in [2.05, 4.69) is 5.32 Å². The van der Waals surface area contributed by atoms with Crippen LogP contribution in [-0.4, -0.2) is 15.1 Å². The third kappa shape index (κ3) is 5.20. The van der Waals surface area contributed by atoms with Gasteiger partial charge in [0.1, 0.15) is 5.75 Å². The number of nitro groups is 1. The van der Waals surface area contributed by atoms with Crippen LogP contribution in [-0.2, 0) is 6.54 Å². The number of anilines is 1. The quantitative estimate of drug-likeness (QED) is 0.250. The molecule has 150 valence electrons.